The number of hydrazone groups is 1. The first-order chi connectivity index (χ1) is 13.1. The second-order valence-electron chi connectivity index (χ2n) is 5.72. The minimum absolute atomic E-state index is 0.136. The zero-order valence-electron chi connectivity index (χ0n) is 14.5. The van der Waals surface area contributed by atoms with Crippen molar-refractivity contribution >= 4 is 73.8 Å². The number of anilines is 1. The van der Waals surface area contributed by atoms with Gasteiger partial charge in [0.15, 0.2) is 0 Å². The Bertz CT molecular complexity index is 1010. The molecule has 0 saturated carbocycles. The molecule has 0 fully saturated rings. The second-order valence-corrected chi connectivity index (χ2v) is 8.13. The number of carbonyl (C=O) groups is 1. The molecule has 1 amide bonds. The topological polar surface area (TPSA) is 62.7 Å². The van der Waals surface area contributed by atoms with Crippen molar-refractivity contribution in [2.45, 2.75) is 0 Å². The molecule has 0 heterocycles. The molecule has 0 aromatic heterocycles. The molecule has 0 atom stereocenters. The van der Waals surface area contributed by atoms with Gasteiger partial charge in [-0.25, -0.2) is 5.43 Å². The summed E-state index contributed by atoms with van der Waals surface area (Å²) in [5, 5.41) is 9.45. The van der Waals surface area contributed by atoms with Gasteiger partial charge in [-0.1, -0.05) is 30.3 Å². The molecule has 0 aliphatic rings. The number of fused-ring (bicyclic) bond motifs is 1. The van der Waals surface area contributed by atoms with E-state index in [1.54, 1.807) is 13.3 Å². The van der Waals surface area contributed by atoms with Crippen LogP contribution in [-0.2, 0) is 4.79 Å². The Kier molecular flexibility index (Phi) is 6.89. The highest BCUT2D eigenvalue weighted by Gasteiger charge is 2.07. The highest BCUT2D eigenvalue weighted by Crippen LogP contribution is 2.26. The highest BCUT2D eigenvalue weighted by atomic mass is 127. The van der Waals surface area contributed by atoms with E-state index in [4.69, 9.17) is 4.74 Å². The van der Waals surface area contributed by atoms with E-state index in [2.05, 4.69) is 67.1 Å². The third kappa shape index (κ3) is 5.32. The molecular formula is C20H17I2N3O2. The molecule has 0 unspecified atom stereocenters. The van der Waals surface area contributed by atoms with Gasteiger partial charge in [0.2, 0.25) is 0 Å². The predicted molar refractivity (Wildman–Crippen MR) is 127 cm³/mol. The molecule has 0 radical (unpaired) electrons. The van der Waals surface area contributed by atoms with Crippen molar-refractivity contribution in [1.82, 2.24) is 5.43 Å². The summed E-state index contributed by atoms with van der Waals surface area (Å²) in [6, 6.07) is 18.1. The van der Waals surface area contributed by atoms with Crippen LogP contribution in [0.5, 0.6) is 5.75 Å². The lowest BCUT2D eigenvalue weighted by Crippen LogP contribution is -2.25. The largest absolute Gasteiger partial charge is 0.495 e. The van der Waals surface area contributed by atoms with Crippen LogP contribution in [0, 0.1) is 7.14 Å². The van der Waals surface area contributed by atoms with E-state index in [0.29, 0.717) is 0 Å². The van der Waals surface area contributed by atoms with Crippen molar-refractivity contribution < 1.29 is 9.53 Å². The number of nitrogens with one attached hydrogen (secondary N) is 2. The van der Waals surface area contributed by atoms with Gasteiger partial charge < -0.3 is 10.1 Å². The molecule has 27 heavy (non-hydrogen) atoms. The summed E-state index contributed by atoms with van der Waals surface area (Å²) in [5.41, 5.74) is 4.24. The van der Waals surface area contributed by atoms with Gasteiger partial charge in [0, 0.05) is 14.8 Å². The van der Waals surface area contributed by atoms with Crippen LogP contribution in [0.4, 0.5) is 5.69 Å². The normalized spacial score (nSPS) is 10.9. The number of methoxy groups -OCH3 is 1. The molecule has 0 spiro atoms. The summed E-state index contributed by atoms with van der Waals surface area (Å²) in [5.74, 6) is 0.516. The molecule has 0 aliphatic heterocycles. The quantitative estimate of drug-likeness (QED) is 0.252. The van der Waals surface area contributed by atoms with Crippen molar-refractivity contribution in [2.24, 2.45) is 5.10 Å². The lowest BCUT2D eigenvalue weighted by molar-refractivity contribution is -0.119. The molecule has 2 N–H and O–H groups in total. The van der Waals surface area contributed by atoms with Crippen molar-refractivity contribution in [1.29, 1.82) is 0 Å². The SMILES string of the molecule is COc1c(I)cc(I)cc1C=NNC(=O)CNc1ccc2ccccc2c1. The van der Waals surface area contributed by atoms with E-state index < -0.39 is 0 Å². The Morgan fingerprint density at radius 1 is 1.11 bits per heavy atom. The van der Waals surface area contributed by atoms with Gasteiger partial charge in [0.25, 0.3) is 5.91 Å². The molecule has 0 saturated heterocycles. The Labute approximate surface area is 184 Å². The minimum atomic E-state index is -0.223. The minimum Gasteiger partial charge on any atom is -0.495 e. The molecule has 7 heteroatoms. The smallest absolute Gasteiger partial charge is 0.259 e. The summed E-state index contributed by atoms with van der Waals surface area (Å²) < 4.78 is 7.47. The predicted octanol–water partition coefficient (Wildman–Crippen LogP) is 4.62. The second kappa shape index (κ2) is 9.36. The van der Waals surface area contributed by atoms with Crippen LogP contribution in [-0.4, -0.2) is 25.8 Å². The Morgan fingerprint density at radius 3 is 2.67 bits per heavy atom. The summed E-state index contributed by atoms with van der Waals surface area (Å²) in [6.45, 7) is 0.136. The lowest BCUT2D eigenvalue weighted by Gasteiger charge is -2.08. The van der Waals surface area contributed by atoms with E-state index in [9.17, 15) is 4.79 Å². The van der Waals surface area contributed by atoms with Crippen molar-refractivity contribution in [2.75, 3.05) is 19.0 Å². The molecule has 3 aromatic carbocycles. The van der Waals surface area contributed by atoms with Crippen LogP contribution in [0.3, 0.4) is 0 Å². The van der Waals surface area contributed by atoms with E-state index in [0.717, 1.165) is 34.9 Å². The first-order valence-electron chi connectivity index (χ1n) is 8.14. The molecule has 3 rings (SSSR count). The summed E-state index contributed by atoms with van der Waals surface area (Å²) in [4.78, 5) is 12.0. The van der Waals surface area contributed by atoms with Gasteiger partial charge in [-0.15, -0.1) is 0 Å². The maximum Gasteiger partial charge on any atom is 0.259 e. The zero-order chi connectivity index (χ0) is 19.2. The van der Waals surface area contributed by atoms with Crippen LogP contribution in [0.2, 0.25) is 0 Å². The number of nitrogens with zero attached hydrogens (tertiary/aromatic N) is 1. The zero-order valence-corrected chi connectivity index (χ0v) is 18.8. The molecule has 3 aromatic rings. The molecular weight excluding hydrogens is 568 g/mol. The number of amides is 1. The van der Waals surface area contributed by atoms with Crippen LogP contribution < -0.4 is 15.5 Å². The molecule has 0 bridgehead atoms. The number of carbonyl (C=O) groups excluding carboxylic acids is 1. The van der Waals surface area contributed by atoms with Gasteiger partial charge in [-0.2, -0.15) is 5.10 Å². The maximum absolute atomic E-state index is 12.0. The fraction of sp³-hybridized carbons (Fsp3) is 0.100. The van der Waals surface area contributed by atoms with Gasteiger partial charge in [-0.3, -0.25) is 4.79 Å². The third-order valence-corrected chi connectivity index (χ3v) is 5.26. The number of benzene rings is 3. The van der Waals surface area contributed by atoms with Crippen LogP contribution in [0.15, 0.2) is 59.7 Å². The van der Waals surface area contributed by atoms with Gasteiger partial charge in [0.05, 0.1) is 23.4 Å². The van der Waals surface area contributed by atoms with Gasteiger partial charge >= 0.3 is 0 Å². The van der Waals surface area contributed by atoms with Crippen LogP contribution >= 0.6 is 45.2 Å². The standard InChI is InChI=1S/C20H17I2N3O2/c1-27-20-15(8-16(21)10-18(20)22)11-24-25-19(26)12-23-17-7-6-13-4-2-3-5-14(13)9-17/h2-11,23H,12H2,1H3,(H,25,26). The van der Waals surface area contributed by atoms with Crippen molar-refractivity contribution in [3.8, 4) is 5.75 Å². The first kappa shape index (κ1) is 19.9. The molecule has 138 valence electrons. The van der Waals surface area contributed by atoms with E-state index >= 15 is 0 Å². The van der Waals surface area contributed by atoms with E-state index in [1.807, 2.05) is 48.5 Å². The Morgan fingerprint density at radius 2 is 1.89 bits per heavy atom. The molecule has 5 nitrogen and oxygen atoms in total. The average Bonchev–Trinajstić information content (AvgIpc) is 2.66. The molecule has 0 aliphatic carbocycles. The number of halogens is 2. The monoisotopic (exact) mass is 585 g/mol. The fourth-order valence-corrected chi connectivity index (χ4v) is 4.70. The van der Waals surface area contributed by atoms with Gasteiger partial charge in [0.1, 0.15) is 5.75 Å². The summed E-state index contributed by atoms with van der Waals surface area (Å²) >= 11 is 4.45. The Hall–Kier alpha value is -1.88. The van der Waals surface area contributed by atoms with Crippen molar-refractivity contribution in [3.63, 3.8) is 0 Å². The average molecular weight is 585 g/mol. The number of hydrogen-bond donors (Lipinski definition) is 2. The number of hydrogen-bond acceptors (Lipinski definition) is 4. The van der Waals surface area contributed by atoms with E-state index in [1.165, 1.54) is 0 Å². The first-order valence-corrected chi connectivity index (χ1v) is 10.3. The number of ether oxygens (including phenoxy) is 1. The lowest BCUT2D eigenvalue weighted by atomic mass is 10.1. The van der Waals surface area contributed by atoms with E-state index in [-0.39, 0.29) is 12.5 Å². The van der Waals surface area contributed by atoms with Crippen LogP contribution in [0.25, 0.3) is 10.8 Å². The maximum atomic E-state index is 12.0. The fourth-order valence-electron chi connectivity index (χ4n) is 2.59. The summed E-state index contributed by atoms with van der Waals surface area (Å²) in [7, 11) is 1.62. The Balaban J connectivity index is 1.58. The van der Waals surface area contributed by atoms with Crippen LogP contribution in [0.1, 0.15) is 5.56 Å². The number of rotatable bonds is 6. The third-order valence-electron chi connectivity index (χ3n) is 3.84. The highest BCUT2D eigenvalue weighted by molar-refractivity contribution is 14.1. The van der Waals surface area contributed by atoms with Gasteiger partial charge in [-0.05, 0) is 80.2 Å². The summed E-state index contributed by atoms with van der Waals surface area (Å²) in [6.07, 6.45) is 1.59. The van der Waals surface area contributed by atoms with Crippen molar-refractivity contribution in [3.05, 3.63) is 67.3 Å².